The van der Waals surface area contributed by atoms with Gasteiger partial charge in [-0.25, -0.2) is 0 Å². The van der Waals surface area contributed by atoms with Gasteiger partial charge in [-0.05, 0) is 6.42 Å². The van der Waals surface area contributed by atoms with E-state index in [1.807, 2.05) is 4.90 Å². The largest absolute Gasteiger partial charge is 0.340 e. The van der Waals surface area contributed by atoms with Gasteiger partial charge in [-0.2, -0.15) is 0 Å². The molecule has 0 N–H and O–H groups in total. The van der Waals surface area contributed by atoms with E-state index >= 15 is 0 Å². The quantitative estimate of drug-likeness (QED) is 0.525. The molecule has 0 aromatic carbocycles. The lowest BCUT2D eigenvalue weighted by atomic mass is 10.2. The molecule has 1 rings (SSSR count). The third-order valence-electron chi connectivity index (χ3n) is 2.56. The molecule has 0 aromatic rings. The number of hydrogen-bond donors (Lipinski definition) is 0. The Kier molecular flexibility index (Phi) is 5.52. The van der Waals surface area contributed by atoms with E-state index in [1.165, 1.54) is 0 Å². The first kappa shape index (κ1) is 12.4. The number of piperazine rings is 1. The molecule has 0 atom stereocenters. The van der Waals surface area contributed by atoms with Gasteiger partial charge in [-0.3, -0.25) is 9.69 Å². The summed E-state index contributed by atoms with van der Waals surface area (Å²) in [5.41, 5.74) is 0. The maximum atomic E-state index is 11.6. The fourth-order valence-electron chi connectivity index (χ4n) is 1.66. The fraction of sp³-hybridized carbons (Fsp3) is 0.727. The van der Waals surface area contributed by atoms with Crippen molar-refractivity contribution < 1.29 is 4.79 Å². The van der Waals surface area contributed by atoms with Crippen molar-refractivity contribution in [2.24, 2.45) is 0 Å². The van der Waals surface area contributed by atoms with Crippen molar-refractivity contribution in [2.45, 2.75) is 12.8 Å². The number of alkyl halides is 1. The molecule has 0 spiro atoms. The van der Waals surface area contributed by atoms with E-state index < -0.39 is 0 Å². The Balaban J connectivity index is 2.25. The van der Waals surface area contributed by atoms with E-state index in [4.69, 9.17) is 18.0 Å². The fourth-order valence-corrected chi connectivity index (χ4v) is 1.79. The Labute approximate surface area is 96.4 Å². The first-order valence-corrected chi connectivity index (χ1v) is 5.81. The zero-order chi connectivity index (χ0) is 11.1. The number of carbonyl (C=O) groups is 1. The van der Waals surface area contributed by atoms with Gasteiger partial charge in [0.2, 0.25) is 5.91 Å². The summed E-state index contributed by atoms with van der Waals surface area (Å²) in [6, 6.07) is 0. The van der Waals surface area contributed by atoms with Gasteiger partial charge in [-0.15, -0.1) is 18.0 Å². The van der Waals surface area contributed by atoms with Crippen molar-refractivity contribution in [3.63, 3.8) is 0 Å². The normalized spacial score (nSPS) is 17.5. The average Bonchev–Trinajstić information content (AvgIpc) is 2.27. The highest BCUT2D eigenvalue weighted by Crippen LogP contribution is 2.05. The maximum Gasteiger partial charge on any atom is 0.222 e. The first-order chi connectivity index (χ1) is 7.27. The van der Waals surface area contributed by atoms with E-state index in [-0.39, 0.29) is 5.91 Å². The van der Waals surface area contributed by atoms with Gasteiger partial charge in [0, 0.05) is 38.5 Å². The number of halogens is 1. The highest BCUT2D eigenvalue weighted by atomic mass is 35.5. The number of carbonyl (C=O) groups excluding carboxylic acids is 1. The molecule has 1 amide bonds. The van der Waals surface area contributed by atoms with Gasteiger partial charge in [0.25, 0.3) is 0 Å². The third kappa shape index (κ3) is 4.11. The monoisotopic (exact) mass is 228 g/mol. The van der Waals surface area contributed by atoms with Crippen molar-refractivity contribution in [3.05, 3.63) is 0 Å². The highest BCUT2D eigenvalue weighted by Gasteiger charge is 2.19. The standard InChI is InChI=1S/C11H17ClN2O/c1-2-6-13-7-9-14(10-8-13)11(15)4-3-5-12/h1H,3-10H2. The summed E-state index contributed by atoms with van der Waals surface area (Å²) in [5.74, 6) is 3.40. The molecule has 0 radical (unpaired) electrons. The zero-order valence-electron chi connectivity index (χ0n) is 8.91. The molecule has 1 aliphatic heterocycles. The minimum atomic E-state index is 0.219. The van der Waals surface area contributed by atoms with Gasteiger partial charge in [-0.1, -0.05) is 5.92 Å². The van der Waals surface area contributed by atoms with Gasteiger partial charge in [0.15, 0.2) is 0 Å². The van der Waals surface area contributed by atoms with Crippen LogP contribution in [0.2, 0.25) is 0 Å². The molecule has 1 aliphatic rings. The van der Waals surface area contributed by atoms with Crippen molar-refractivity contribution in [1.82, 2.24) is 9.80 Å². The van der Waals surface area contributed by atoms with Gasteiger partial charge in [0.05, 0.1) is 6.54 Å². The summed E-state index contributed by atoms with van der Waals surface area (Å²) in [5, 5.41) is 0. The summed E-state index contributed by atoms with van der Waals surface area (Å²) in [7, 11) is 0. The average molecular weight is 229 g/mol. The van der Waals surface area contributed by atoms with Crippen LogP contribution in [0.3, 0.4) is 0 Å². The molecular formula is C11H17ClN2O. The Bertz CT molecular complexity index is 241. The van der Waals surface area contributed by atoms with Crippen LogP contribution in [0.5, 0.6) is 0 Å². The van der Waals surface area contributed by atoms with Crippen molar-refractivity contribution >= 4 is 17.5 Å². The molecule has 3 nitrogen and oxygen atoms in total. The van der Waals surface area contributed by atoms with E-state index in [0.29, 0.717) is 18.8 Å². The van der Waals surface area contributed by atoms with E-state index in [1.54, 1.807) is 0 Å². The zero-order valence-corrected chi connectivity index (χ0v) is 9.67. The topological polar surface area (TPSA) is 23.6 Å². The lowest BCUT2D eigenvalue weighted by molar-refractivity contribution is -0.132. The molecule has 1 fully saturated rings. The Morgan fingerprint density at radius 1 is 1.33 bits per heavy atom. The minimum absolute atomic E-state index is 0.219. The van der Waals surface area contributed by atoms with E-state index in [9.17, 15) is 4.79 Å². The first-order valence-electron chi connectivity index (χ1n) is 5.27. The molecule has 0 aromatic heterocycles. The second-order valence-corrected chi connectivity index (χ2v) is 4.03. The predicted octanol–water partition coefficient (Wildman–Crippen LogP) is 0.783. The van der Waals surface area contributed by atoms with Crippen LogP contribution in [0.1, 0.15) is 12.8 Å². The number of rotatable bonds is 4. The summed E-state index contributed by atoms with van der Waals surface area (Å²) < 4.78 is 0. The molecular weight excluding hydrogens is 212 g/mol. The molecule has 0 aliphatic carbocycles. The minimum Gasteiger partial charge on any atom is -0.340 e. The number of nitrogens with zero attached hydrogens (tertiary/aromatic N) is 2. The van der Waals surface area contributed by atoms with Gasteiger partial charge >= 0.3 is 0 Å². The number of terminal acetylenes is 1. The molecule has 0 saturated carbocycles. The Hall–Kier alpha value is -0.720. The van der Waals surface area contributed by atoms with Crippen molar-refractivity contribution in [2.75, 3.05) is 38.6 Å². The summed E-state index contributed by atoms with van der Waals surface area (Å²) >= 11 is 5.55. The summed E-state index contributed by atoms with van der Waals surface area (Å²) in [6.07, 6.45) is 6.57. The van der Waals surface area contributed by atoms with Crippen LogP contribution in [0, 0.1) is 12.3 Å². The van der Waals surface area contributed by atoms with Gasteiger partial charge < -0.3 is 4.90 Å². The Morgan fingerprint density at radius 2 is 2.00 bits per heavy atom. The van der Waals surface area contributed by atoms with Crippen LogP contribution in [-0.4, -0.2) is 54.3 Å². The van der Waals surface area contributed by atoms with Crippen molar-refractivity contribution in [1.29, 1.82) is 0 Å². The second-order valence-electron chi connectivity index (χ2n) is 3.65. The Morgan fingerprint density at radius 3 is 2.53 bits per heavy atom. The summed E-state index contributed by atoms with van der Waals surface area (Å²) in [6.45, 7) is 4.04. The lowest BCUT2D eigenvalue weighted by Gasteiger charge is -2.33. The second kappa shape index (κ2) is 6.71. The molecule has 0 unspecified atom stereocenters. The lowest BCUT2D eigenvalue weighted by Crippen LogP contribution is -2.48. The van der Waals surface area contributed by atoms with Crippen LogP contribution >= 0.6 is 11.6 Å². The molecule has 1 heterocycles. The van der Waals surface area contributed by atoms with Gasteiger partial charge in [0.1, 0.15) is 0 Å². The SMILES string of the molecule is C#CCN1CCN(C(=O)CCCCl)CC1. The van der Waals surface area contributed by atoms with E-state index in [0.717, 1.165) is 32.6 Å². The van der Waals surface area contributed by atoms with Crippen molar-refractivity contribution in [3.8, 4) is 12.3 Å². The van der Waals surface area contributed by atoms with Crippen LogP contribution < -0.4 is 0 Å². The highest BCUT2D eigenvalue weighted by molar-refractivity contribution is 6.17. The molecule has 0 bridgehead atoms. The predicted molar refractivity (Wildman–Crippen MR) is 61.8 cm³/mol. The van der Waals surface area contributed by atoms with Crippen LogP contribution in [0.15, 0.2) is 0 Å². The maximum absolute atomic E-state index is 11.6. The van der Waals surface area contributed by atoms with Crippen LogP contribution in [0.4, 0.5) is 0 Å². The van der Waals surface area contributed by atoms with Crippen LogP contribution in [-0.2, 0) is 4.79 Å². The van der Waals surface area contributed by atoms with Crippen LogP contribution in [0.25, 0.3) is 0 Å². The number of amides is 1. The smallest absolute Gasteiger partial charge is 0.222 e. The molecule has 15 heavy (non-hydrogen) atoms. The van der Waals surface area contributed by atoms with E-state index in [2.05, 4.69) is 10.8 Å². The summed E-state index contributed by atoms with van der Waals surface area (Å²) in [4.78, 5) is 15.7. The number of hydrogen-bond acceptors (Lipinski definition) is 2. The third-order valence-corrected chi connectivity index (χ3v) is 2.83. The molecule has 4 heteroatoms. The molecule has 84 valence electrons. The molecule has 1 saturated heterocycles.